The van der Waals surface area contributed by atoms with Crippen molar-refractivity contribution >= 4 is 29.5 Å². The summed E-state index contributed by atoms with van der Waals surface area (Å²) < 4.78 is 13.1. The highest BCUT2D eigenvalue weighted by Crippen LogP contribution is 2.67. The van der Waals surface area contributed by atoms with E-state index in [-0.39, 0.29) is 24.8 Å². The summed E-state index contributed by atoms with van der Waals surface area (Å²) in [7, 11) is 0. The van der Waals surface area contributed by atoms with Crippen molar-refractivity contribution in [3.63, 3.8) is 0 Å². The number of hydrogen-bond acceptors (Lipinski definition) is 9. The van der Waals surface area contributed by atoms with Crippen LogP contribution in [0.2, 0.25) is 0 Å². The van der Waals surface area contributed by atoms with E-state index in [1.165, 1.54) is 4.90 Å². The maximum Gasteiger partial charge on any atom is 0.329 e. The van der Waals surface area contributed by atoms with Gasteiger partial charge in [-0.25, -0.2) is 9.69 Å². The van der Waals surface area contributed by atoms with E-state index in [1.54, 1.807) is 18.2 Å². The van der Waals surface area contributed by atoms with Crippen LogP contribution in [-0.4, -0.2) is 81.8 Å². The molecule has 4 aliphatic heterocycles. The Morgan fingerprint density at radius 3 is 2.06 bits per heavy atom. The number of nitrogens with one attached hydrogen (secondary N) is 1. The molecule has 0 radical (unpaired) electrons. The minimum atomic E-state index is -2.01. The number of nitrogens with zero attached hydrogens (tertiary/aromatic N) is 3. The Labute approximate surface area is 422 Å². The predicted octanol–water partition coefficient (Wildman–Crippen LogP) is 9.42. The summed E-state index contributed by atoms with van der Waals surface area (Å²) >= 11 is 0. The van der Waals surface area contributed by atoms with Gasteiger partial charge in [-0.05, 0) is 92.0 Å². The minimum Gasteiger partial charge on any atom is -0.491 e. The van der Waals surface area contributed by atoms with Crippen molar-refractivity contribution in [3.8, 4) is 17.6 Å². The molecule has 4 heterocycles. The van der Waals surface area contributed by atoms with Crippen molar-refractivity contribution in [2.24, 2.45) is 5.92 Å². The number of ether oxygens (including phenoxy) is 2. The molecule has 72 heavy (non-hydrogen) atoms. The van der Waals surface area contributed by atoms with E-state index in [9.17, 15) is 10.2 Å². The highest BCUT2D eigenvalue weighted by molar-refractivity contribution is 6.24. The molecular formula is C60H64N4O8. The van der Waals surface area contributed by atoms with E-state index >= 15 is 19.2 Å². The molecule has 3 N–H and O–H groups in total. The van der Waals surface area contributed by atoms with Gasteiger partial charge in [0, 0.05) is 24.2 Å². The Bertz CT molecular complexity index is 2820. The number of carbonyl (C=O) groups is 4. The van der Waals surface area contributed by atoms with Crippen LogP contribution in [0.25, 0.3) is 0 Å². The third kappa shape index (κ3) is 9.08. The number of imide groups is 1. The molecule has 12 nitrogen and oxygen atoms in total. The van der Waals surface area contributed by atoms with E-state index in [4.69, 9.17) is 9.47 Å². The van der Waals surface area contributed by atoms with Crippen molar-refractivity contribution in [2.45, 2.75) is 119 Å². The van der Waals surface area contributed by atoms with Crippen molar-refractivity contribution in [2.75, 3.05) is 31.2 Å². The monoisotopic (exact) mass is 968 g/mol. The lowest BCUT2D eigenvalue weighted by atomic mass is 9.64. The molecular weight excluding hydrogens is 905 g/mol. The first-order chi connectivity index (χ1) is 35.1. The normalized spacial score (nSPS) is 25.4. The van der Waals surface area contributed by atoms with Crippen LogP contribution in [0.15, 0.2) is 133 Å². The third-order valence-electron chi connectivity index (χ3n) is 15.7. The Kier molecular flexibility index (Phi) is 14.3. The maximum absolute atomic E-state index is 17.0. The van der Waals surface area contributed by atoms with E-state index in [0.29, 0.717) is 48.4 Å². The zero-order valence-electron chi connectivity index (χ0n) is 41.0. The molecule has 12 heteroatoms. The fourth-order valence-corrected chi connectivity index (χ4v) is 12.3. The zero-order chi connectivity index (χ0) is 49.8. The fourth-order valence-electron chi connectivity index (χ4n) is 12.3. The van der Waals surface area contributed by atoms with Gasteiger partial charge in [0.25, 0.3) is 0 Å². The van der Waals surface area contributed by atoms with Crippen molar-refractivity contribution in [3.05, 3.63) is 167 Å². The number of cyclic esters (lactones) is 1. The number of carbonyl (C=O) groups excluding carboxylic acids is 4. The molecule has 0 aromatic heterocycles. The molecule has 3 saturated heterocycles. The lowest BCUT2D eigenvalue weighted by Crippen LogP contribution is -2.57. The largest absolute Gasteiger partial charge is 0.491 e. The van der Waals surface area contributed by atoms with Gasteiger partial charge in [-0.15, -0.1) is 0 Å². The van der Waals surface area contributed by atoms with Gasteiger partial charge >= 0.3 is 12.0 Å². The van der Waals surface area contributed by atoms with Crippen LogP contribution < -0.4 is 15.0 Å². The molecule has 0 unspecified atom stereocenters. The summed E-state index contributed by atoms with van der Waals surface area (Å²) in [5.74, 6) is 3.70. The highest BCUT2D eigenvalue weighted by Gasteiger charge is 2.76. The Morgan fingerprint density at radius 2 is 1.38 bits per heavy atom. The summed E-state index contributed by atoms with van der Waals surface area (Å²) in [6.45, 7) is 2.32. The predicted molar refractivity (Wildman–Crippen MR) is 274 cm³/mol. The second kappa shape index (κ2) is 21.1. The van der Waals surface area contributed by atoms with Gasteiger partial charge in [-0.2, -0.15) is 0 Å². The van der Waals surface area contributed by atoms with Gasteiger partial charge in [-0.3, -0.25) is 19.3 Å². The molecule has 5 aliphatic rings. The zero-order valence-corrected chi connectivity index (χ0v) is 41.0. The van der Waals surface area contributed by atoms with Gasteiger partial charge in [0.1, 0.15) is 35.5 Å². The van der Waals surface area contributed by atoms with E-state index in [0.717, 1.165) is 74.5 Å². The number of para-hydroxylation sites is 1. The quantitative estimate of drug-likeness (QED) is 0.0747. The number of esters is 1. The first kappa shape index (κ1) is 48.8. The molecule has 5 aromatic rings. The van der Waals surface area contributed by atoms with Crippen LogP contribution in [0, 0.1) is 17.8 Å². The van der Waals surface area contributed by atoms with E-state index < -0.39 is 65.1 Å². The molecule has 1 aliphatic carbocycles. The Hall–Kier alpha value is -6.78. The summed E-state index contributed by atoms with van der Waals surface area (Å²) in [5, 5.41) is 25.2. The minimum absolute atomic E-state index is 0.0772. The number of anilines is 1. The smallest absolute Gasteiger partial charge is 0.329 e. The van der Waals surface area contributed by atoms with Crippen molar-refractivity contribution < 1.29 is 38.9 Å². The lowest BCUT2D eigenvalue weighted by Gasteiger charge is -2.46. The van der Waals surface area contributed by atoms with Crippen molar-refractivity contribution in [1.82, 2.24) is 15.1 Å². The number of urea groups is 1. The van der Waals surface area contributed by atoms with E-state index in [2.05, 4.69) is 17.2 Å². The summed E-state index contributed by atoms with van der Waals surface area (Å²) in [5.41, 5.74) is 0.676. The van der Waals surface area contributed by atoms with Crippen molar-refractivity contribution in [1.29, 1.82) is 0 Å². The second-order valence-electron chi connectivity index (χ2n) is 20.1. The molecule has 1 saturated carbocycles. The van der Waals surface area contributed by atoms with Crippen LogP contribution in [0.3, 0.4) is 0 Å². The topological polar surface area (TPSA) is 149 Å². The number of rotatable bonds is 9. The van der Waals surface area contributed by atoms with Crippen LogP contribution in [0.1, 0.15) is 135 Å². The molecule has 0 bridgehead atoms. The van der Waals surface area contributed by atoms with Gasteiger partial charge < -0.3 is 29.9 Å². The van der Waals surface area contributed by atoms with Crippen LogP contribution in [0.5, 0.6) is 5.75 Å². The van der Waals surface area contributed by atoms with Crippen LogP contribution in [-0.2, 0) is 24.5 Å². The average Bonchev–Trinajstić information content (AvgIpc) is 3.73. The summed E-state index contributed by atoms with van der Waals surface area (Å²) in [6, 6.07) is 36.8. The SMILES string of the molecule is C[C@@H](NC(=O)N1C(=O)[C@@]2(c3cc(C#CC4(O)CCCCCC4)ccc31)[C@H](c1ccccc1OCCO)N1[C@H](c3ccccc3)[C@H](c3ccccc3)OC(=O)[C@H]1[C@@H]2C(=O)N1CCCCCCC1)c1ccccc1. The third-order valence-corrected chi connectivity index (χ3v) is 15.7. The van der Waals surface area contributed by atoms with Crippen LogP contribution >= 0.6 is 0 Å². The summed E-state index contributed by atoms with van der Waals surface area (Å²) in [4.78, 5) is 69.5. The second-order valence-corrected chi connectivity index (χ2v) is 20.1. The average molecular weight is 969 g/mol. The lowest BCUT2D eigenvalue weighted by molar-refractivity contribution is -0.179. The first-order valence-electron chi connectivity index (χ1n) is 25.9. The van der Waals surface area contributed by atoms with Gasteiger partial charge in [0.15, 0.2) is 0 Å². The Balaban J connectivity index is 1.28. The van der Waals surface area contributed by atoms with Crippen LogP contribution in [0.4, 0.5) is 10.5 Å². The molecule has 10 rings (SSSR count). The number of amides is 4. The number of hydrogen-bond donors (Lipinski definition) is 3. The number of fused-ring (bicyclic) bond motifs is 3. The number of aliphatic hydroxyl groups excluding tert-OH is 1. The highest BCUT2D eigenvalue weighted by atomic mass is 16.6. The standard InChI is InChI=1S/C60H64N4O8/c1-41(43-22-10-7-11-23-43)61-58(69)63-48-31-30-42(32-35-59(70)33-18-3-4-19-34-59)40-47(48)60(57(63)68)50(55(66)62-36-20-5-2-6-21-37-62)52-56(67)72-53(45-26-14-9-15-27-45)51(44-24-12-8-13-25-44)64(52)54(60)46-28-16-17-29-49(46)71-39-38-65/h7-17,22-31,40-41,50-54,65,70H,2-6,18-21,33-34,36-39H2,1H3,(H,61,69)/t41-,50-,51-,52-,53+,54+,60-/m1/s1. The van der Waals surface area contributed by atoms with Gasteiger partial charge in [-0.1, -0.05) is 153 Å². The number of morpholine rings is 1. The molecule has 7 atom stereocenters. The molecule has 4 fully saturated rings. The molecule has 4 amide bonds. The molecule has 1 spiro atoms. The molecule has 372 valence electrons. The summed E-state index contributed by atoms with van der Waals surface area (Å²) in [6.07, 6.45) is 8.25. The van der Waals surface area contributed by atoms with Gasteiger partial charge in [0.2, 0.25) is 11.8 Å². The Morgan fingerprint density at radius 1 is 0.764 bits per heavy atom. The number of likely N-dealkylation sites (tertiary alicyclic amines) is 1. The first-order valence-corrected chi connectivity index (χ1v) is 25.9. The number of benzene rings is 5. The maximum atomic E-state index is 17.0. The van der Waals surface area contributed by atoms with Gasteiger partial charge in [0.05, 0.1) is 36.3 Å². The number of aliphatic hydroxyl groups is 2. The van der Waals surface area contributed by atoms with E-state index in [1.807, 2.05) is 132 Å². The molecule has 5 aromatic carbocycles. The fraction of sp³-hybridized carbons (Fsp3) is 0.400.